The van der Waals surface area contributed by atoms with Crippen LogP contribution in [0.15, 0.2) is 27.5 Å². The number of ether oxygens (including phenoxy) is 1. The Morgan fingerprint density at radius 1 is 1.45 bits per heavy atom. The summed E-state index contributed by atoms with van der Waals surface area (Å²) >= 11 is 0. The smallest absolute Gasteiger partial charge is 0.410 e. The molecule has 2 aromatic heterocycles. The highest BCUT2D eigenvalue weighted by Crippen LogP contribution is 2.18. The number of nitrogens with zero attached hydrogens (tertiary/aromatic N) is 3. The van der Waals surface area contributed by atoms with Crippen molar-refractivity contribution in [1.29, 1.82) is 0 Å². The third-order valence-corrected chi connectivity index (χ3v) is 3.06. The molecule has 0 spiro atoms. The Kier molecular flexibility index (Phi) is 4.54. The predicted octanol–water partition coefficient (Wildman–Crippen LogP) is 3.13. The average molecular weight is 307 g/mol. The second-order valence-electron chi connectivity index (χ2n) is 6.17. The quantitative estimate of drug-likeness (QED) is 0.863. The highest BCUT2D eigenvalue weighted by Gasteiger charge is 2.24. The van der Waals surface area contributed by atoms with Gasteiger partial charge in [-0.05, 0) is 33.8 Å². The zero-order valence-electron chi connectivity index (χ0n) is 13.5. The molecule has 2 rings (SSSR count). The van der Waals surface area contributed by atoms with E-state index in [1.165, 1.54) is 17.4 Å². The van der Waals surface area contributed by atoms with E-state index in [1.807, 2.05) is 27.7 Å². The van der Waals surface area contributed by atoms with Crippen molar-refractivity contribution in [2.24, 2.45) is 0 Å². The van der Waals surface area contributed by atoms with Gasteiger partial charge in [-0.3, -0.25) is 0 Å². The van der Waals surface area contributed by atoms with Crippen LogP contribution >= 0.6 is 0 Å². The van der Waals surface area contributed by atoms with Crippen molar-refractivity contribution < 1.29 is 18.5 Å². The van der Waals surface area contributed by atoms with Crippen molar-refractivity contribution in [3.8, 4) is 11.5 Å². The van der Waals surface area contributed by atoms with Gasteiger partial charge in [0.1, 0.15) is 11.9 Å². The minimum atomic E-state index is -0.522. The lowest BCUT2D eigenvalue weighted by atomic mass is 10.2. The molecule has 0 fully saturated rings. The fourth-order valence-corrected chi connectivity index (χ4v) is 1.76. The van der Waals surface area contributed by atoms with Crippen LogP contribution in [0.1, 0.15) is 33.5 Å². The Morgan fingerprint density at radius 3 is 2.77 bits per heavy atom. The van der Waals surface area contributed by atoms with E-state index in [9.17, 15) is 4.79 Å². The number of rotatable bonds is 4. The maximum Gasteiger partial charge on any atom is 0.410 e. The largest absolute Gasteiger partial charge is 0.472 e. The summed E-state index contributed by atoms with van der Waals surface area (Å²) in [6.45, 7) is 7.40. The third-order valence-electron chi connectivity index (χ3n) is 3.06. The molecule has 2 aromatic rings. The maximum atomic E-state index is 12.0. The van der Waals surface area contributed by atoms with Crippen LogP contribution in [0.3, 0.4) is 0 Å². The summed E-state index contributed by atoms with van der Waals surface area (Å²) in [4.78, 5) is 17.8. The number of carbonyl (C=O) groups excluding carboxylic acids is 1. The standard InChI is InChI=1S/C15H21N3O4/c1-10(18(5)14(19)21-15(2,3)4)8-12-16-13(22-17-12)11-6-7-20-9-11/h6-7,9-10H,8H2,1-5H3. The molecule has 0 aliphatic carbocycles. The molecule has 0 aromatic carbocycles. The van der Waals surface area contributed by atoms with Gasteiger partial charge in [-0.15, -0.1) is 0 Å². The monoisotopic (exact) mass is 307 g/mol. The van der Waals surface area contributed by atoms with E-state index in [0.717, 1.165) is 5.56 Å². The molecule has 0 N–H and O–H groups in total. The van der Waals surface area contributed by atoms with Gasteiger partial charge in [0.15, 0.2) is 5.82 Å². The minimum absolute atomic E-state index is 0.121. The van der Waals surface area contributed by atoms with E-state index >= 15 is 0 Å². The van der Waals surface area contributed by atoms with Crippen LogP contribution in [0.25, 0.3) is 11.5 Å². The number of hydrogen-bond donors (Lipinski definition) is 0. The summed E-state index contributed by atoms with van der Waals surface area (Å²) in [7, 11) is 1.69. The van der Waals surface area contributed by atoms with Gasteiger partial charge >= 0.3 is 6.09 Å². The van der Waals surface area contributed by atoms with Crippen LogP contribution in [0, 0.1) is 0 Å². The van der Waals surface area contributed by atoms with Crippen molar-refractivity contribution in [1.82, 2.24) is 15.0 Å². The van der Waals surface area contributed by atoms with E-state index < -0.39 is 5.60 Å². The van der Waals surface area contributed by atoms with Gasteiger partial charge in [0.25, 0.3) is 5.89 Å². The van der Waals surface area contributed by atoms with Crippen LogP contribution in [-0.4, -0.2) is 39.8 Å². The highest BCUT2D eigenvalue weighted by molar-refractivity contribution is 5.68. The van der Waals surface area contributed by atoms with E-state index in [1.54, 1.807) is 13.1 Å². The first kappa shape index (κ1) is 16.1. The normalized spacial score (nSPS) is 13.0. The lowest BCUT2D eigenvalue weighted by Gasteiger charge is -2.28. The third kappa shape index (κ3) is 4.09. The molecule has 0 aliphatic heterocycles. The second kappa shape index (κ2) is 6.21. The molecule has 1 atom stereocenters. The number of carbonyl (C=O) groups is 1. The molecule has 120 valence electrons. The summed E-state index contributed by atoms with van der Waals surface area (Å²) in [5, 5.41) is 3.92. The number of hydrogen-bond acceptors (Lipinski definition) is 6. The fourth-order valence-electron chi connectivity index (χ4n) is 1.76. The van der Waals surface area contributed by atoms with Crippen molar-refractivity contribution in [2.45, 2.75) is 45.8 Å². The fraction of sp³-hybridized carbons (Fsp3) is 0.533. The van der Waals surface area contributed by atoms with Gasteiger partial charge in [0, 0.05) is 19.5 Å². The molecule has 0 radical (unpaired) electrons. The minimum Gasteiger partial charge on any atom is -0.472 e. The first-order valence-corrected chi connectivity index (χ1v) is 7.07. The number of aromatic nitrogens is 2. The van der Waals surface area contributed by atoms with E-state index in [-0.39, 0.29) is 12.1 Å². The first-order valence-electron chi connectivity index (χ1n) is 7.07. The Bertz CT molecular complexity index is 613. The van der Waals surface area contributed by atoms with E-state index in [0.29, 0.717) is 18.1 Å². The maximum absolute atomic E-state index is 12.0. The summed E-state index contributed by atoms with van der Waals surface area (Å²) in [5.74, 6) is 0.926. The van der Waals surface area contributed by atoms with Crippen LogP contribution in [0.5, 0.6) is 0 Å². The van der Waals surface area contributed by atoms with Gasteiger partial charge in [0.2, 0.25) is 0 Å². The van der Waals surface area contributed by atoms with Gasteiger partial charge in [0.05, 0.1) is 11.8 Å². The lowest BCUT2D eigenvalue weighted by molar-refractivity contribution is 0.0234. The Balaban J connectivity index is 1.97. The first-order chi connectivity index (χ1) is 10.3. The van der Waals surface area contributed by atoms with E-state index in [2.05, 4.69) is 10.1 Å². The summed E-state index contributed by atoms with van der Waals surface area (Å²) in [6, 6.07) is 1.62. The highest BCUT2D eigenvalue weighted by atomic mass is 16.6. The van der Waals surface area contributed by atoms with Crippen LogP contribution in [0.2, 0.25) is 0 Å². The molecular weight excluding hydrogens is 286 g/mol. The van der Waals surface area contributed by atoms with Gasteiger partial charge < -0.3 is 18.6 Å². The van der Waals surface area contributed by atoms with Crippen molar-refractivity contribution >= 4 is 6.09 Å². The second-order valence-corrected chi connectivity index (χ2v) is 6.17. The Labute approximate surface area is 129 Å². The topological polar surface area (TPSA) is 81.6 Å². The molecule has 7 heteroatoms. The number of furan rings is 1. The molecule has 0 bridgehead atoms. The molecule has 2 heterocycles. The van der Waals surface area contributed by atoms with Gasteiger partial charge in [-0.2, -0.15) is 4.98 Å². The van der Waals surface area contributed by atoms with E-state index in [4.69, 9.17) is 13.7 Å². The van der Waals surface area contributed by atoms with Gasteiger partial charge in [-0.1, -0.05) is 5.16 Å². The summed E-state index contributed by atoms with van der Waals surface area (Å²) in [5.41, 5.74) is 0.206. The van der Waals surface area contributed by atoms with Crippen molar-refractivity contribution in [2.75, 3.05) is 7.05 Å². The molecule has 1 amide bonds. The zero-order chi connectivity index (χ0) is 16.3. The molecule has 7 nitrogen and oxygen atoms in total. The number of amides is 1. The van der Waals surface area contributed by atoms with Crippen molar-refractivity contribution in [3.05, 3.63) is 24.4 Å². The van der Waals surface area contributed by atoms with Crippen LogP contribution in [-0.2, 0) is 11.2 Å². The SMILES string of the molecule is CC(Cc1noc(-c2ccoc2)n1)N(C)C(=O)OC(C)(C)C. The van der Waals surface area contributed by atoms with Crippen LogP contribution < -0.4 is 0 Å². The van der Waals surface area contributed by atoms with Gasteiger partial charge in [-0.25, -0.2) is 4.79 Å². The predicted molar refractivity (Wildman–Crippen MR) is 79.2 cm³/mol. The zero-order valence-corrected chi connectivity index (χ0v) is 13.5. The average Bonchev–Trinajstić information content (AvgIpc) is 3.05. The molecule has 22 heavy (non-hydrogen) atoms. The summed E-state index contributed by atoms with van der Waals surface area (Å²) in [6.07, 6.45) is 3.17. The lowest BCUT2D eigenvalue weighted by Crippen LogP contribution is -2.40. The Morgan fingerprint density at radius 2 is 2.18 bits per heavy atom. The van der Waals surface area contributed by atoms with Crippen LogP contribution in [0.4, 0.5) is 4.79 Å². The number of likely N-dealkylation sites (N-methyl/N-ethyl adjacent to an activating group) is 1. The molecular formula is C15H21N3O4. The molecule has 0 saturated heterocycles. The summed E-state index contributed by atoms with van der Waals surface area (Å²) < 4.78 is 15.5. The molecule has 0 saturated carbocycles. The molecule has 0 aliphatic rings. The molecule has 1 unspecified atom stereocenters. The Hall–Kier alpha value is -2.31. The van der Waals surface area contributed by atoms with Crippen molar-refractivity contribution in [3.63, 3.8) is 0 Å².